The molecule has 0 radical (unpaired) electrons. The van der Waals surface area contributed by atoms with E-state index in [1.165, 1.54) is 5.56 Å². The van der Waals surface area contributed by atoms with Crippen LogP contribution < -0.4 is 4.74 Å². The maximum atomic E-state index is 9.75. The maximum absolute atomic E-state index is 9.75. The van der Waals surface area contributed by atoms with Crippen LogP contribution in [0.5, 0.6) is 11.5 Å². The van der Waals surface area contributed by atoms with Gasteiger partial charge in [-0.25, -0.2) is 0 Å². The van der Waals surface area contributed by atoms with E-state index in [9.17, 15) is 17.3 Å². The van der Waals surface area contributed by atoms with E-state index in [2.05, 4.69) is 4.98 Å². The van der Waals surface area contributed by atoms with E-state index in [1.807, 2.05) is 37.3 Å². The summed E-state index contributed by atoms with van der Waals surface area (Å²) >= 11 is 0. The lowest BCUT2D eigenvalue weighted by molar-refractivity contribution is 0.368. The molecule has 2 rings (SSSR count). The van der Waals surface area contributed by atoms with Crippen LogP contribution in [-0.2, 0) is 0 Å². The lowest BCUT2D eigenvalue weighted by atomic mass is 10.2. The minimum absolute atomic E-state index is 0.420. The molecule has 0 unspecified atom stereocenters. The first kappa shape index (κ1) is 16.5. The Morgan fingerprint density at radius 3 is 2.00 bits per heavy atom. The summed E-state index contributed by atoms with van der Waals surface area (Å²) in [6, 6.07) is 14.8. The van der Waals surface area contributed by atoms with Gasteiger partial charge in [-0.15, -0.1) is 0 Å². The quantitative estimate of drug-likeness (QED) is 0.413. The van der Waals surface area contributed by atoms with Crippen LogP contribution in [0.4, 0.5) is 23.0 Å². The normalized spacial score (nSPS) is 10.1. The van der Waals surface area contributed by atoms with Gasteiger partial charge in [-0.1, -0.05) is 29.8 Å². The fourth-order valence-corrected chi connectivity index (χ4v) is 1.36. The van der Waals surface area contributed by atoms with Crippen LogP contribution in [0.2, 0.25) is 0 Å². The molecule has 0 N–H and O–H groups in total. The molecule has 0 heterocycles. The molecule has 3 nitrogen and oxygen atoms in total. The molecular weight excluding hydrogens is 287 g/mol. The molecule has 0 fully saturated rings. The minimum Gasteiger partial charge on any atom is -0.449 e. The third-order valence-electron chi connectivity index (χ3n) is 2.22. The van der Waals surface area contributed by atoms with E-state index in [-0.39, 0.29) is 0 Å². The van der Waals surface area contributed by atoms with Crippen LogP contribution in [-0.4, -0.2) is 7.25 Å². The van der Waals surface area contributed by atoms with Crippen molar-refractivity contribution < 1.29 is 22.0 Å². The monoisotopic (exact) mass is 298 g/mol. The lowest BCUT2D eigenvalue weighted by Crippen LogP contribution is -2.02. The van der Waals surface area contributed by atoms with Crippen molar-refractivity contribution in [2.45, 2.75) is 6.92 Å². The van der Waals surface area contributed by atoms with Crippen molar-refractivity contribution in [1.82, 2.24) is 0 Å². The molecule has 2 aromatic carbocycles. The number of para-hydroxylation sites is 1. The molecule has 8 heteroatoms. The Labute approximate surface area is 118 Å². The minimum atomic E-state index is -6.00. The van der Waals surface area contributed by atoms with Crippen LogP contribution >= 0.6 is 0 Å². The van der Waals surface area contributed by atoms with Crippen LogP contribution in [0, 0.1) is 12.3 Å². The largest absolute Gasteiger partial charge is 0.673 e. The van der Waals surface area contributed by atoms with Gasteiger partial charge in [0.1, 0.15) is 5.75 Å². The summed E-state index contributed by atoms with van der Waals surface area (Å²) in [5.74, 6) is 1.26. The molecule has 0 aromatic heterocycles. The Balaban J connectivity index is 0.000000383. The van der Waals surface area contributed by atoms with Gasteiger partial charge in [0.2, 0.25) is 11.1 Å². The van der Waals surface area contributed by atoms with Gasteiger partial charge in [0, 0.05) is 6.07 Å². The first-order chi connectivity index (χ1) is 9.79. The number of halogens is 4. The highest BCUT2D eigenvalue weighted by Gasteiger charge is 2.20. The standard InChI is InChI=1S/C13H11N2O.BF4/c1-10-6-8-11(9-7-10)16-13-5-3-2-4-12(13)15-14;2-1(3,4)5/h2-9H,1H3;/q+1;-1. The smallest absolute Gasteiger partial charge is 0.449 e. The maximum Gasteiger partial charge on any atom is 0.673 e. The first-order valence-corrected chi connectivity index (χ1v) is 5.85. The molecule has 0 aliphatic carbocycles. The van der Waals surface area contributed by atoms with Crippen LogP contribution in [0.15, 0.2) is 48.5 Å². The van der Waals surface area contributed by atoms with Gasteiger partial charge in [0.15, 0.2) is 4.98 Å². The zero-order valence-corrected chi connectivity index (χ0v) is 11.0. The number of rotatable bonds is 2. The predicted molar refractivity (Wildman–Crippen MR) is 72.6 cm³/mol. The summed E-state index contributed by atoms with van der Waals surface area (Å²) in [7, 11) is -6.00. The van der Waals surface area contributed by atoms with Crippen molar-refractivity contribution in [2.75, 3.05) is 0 Å². The Kier molecular flexibility index (Phi) is 5.72. The Bertz CT molecular complexity index is 617. The van der Waals surface area contributed by atoms with E-state index in [4.69, 9.17) is 10.1 Å². The van der Waals surface area contributed by atoms with Crippen molar-refractivity contribution in [3.63, 3.8) is 0 Å². The number of aryl methyl sites for hydroxylation is 1. The molecular formula is C13H11BF4N2O. The Morgan fingerprint density at radius 2 is 1.48 bits per heavy atom. The lowest BCUT2D eigenvalue weighted by Gasteiger charge is -2.03. The van der Waals surface area contributed by atoms with Crippen LogP contribution in [0.1, 0.15) is 5.56 Å². The molecule has 2 aromatic rings. The SMILES string of the molecule is Cc1ccc(Oc2ccccc2[N+]#N)cc1.F[B-](F)(F)F. The van der Waals surface area contributed by atoms with Crippen LogP contribution in [0.3, 0.4) is 0 Å². The second kappa shape index (κ2) is 7.29. The first-order valence-electron chi connectivity index (χ1n) is 5.85. The van der Waals surface area contributed by atoms with E-state index >= 15 is 0 Å². The molecule has 110 valence electrons. The predicted octanol–water partition coefficient (Wildman–Crippen LogP) is 5.57. The van der Waals surface area contributed by atoms with Gasteiger partial charge in [-0.2, -0.15) is 0 Å². The summed E-state index contributed by atoms with van der Waals surface area (Å²) in [6.07, 6.45) is 0. The molecule has 0 aliphatic rings. The number of nitrogens with zero attached hydrogens (tertiary/aromatic N) is 2. The van der Waals surface area contributed by atoms with Gasteiger partial charge < -0.3 is 22.0 Å². The van der Waals surface area contributed by atoms with Gasteiger partial charge in [0.25, 0.3) is 0 Å². The van der Waals surface area contributed by atoms with E-state index in [1.54, 1.807) is 18.2 Å². The number of hydrogen-bond donors (Lipinski definition) is 0. The summed E-state index contributed by atoms with van der Waals surface area (Å²) in [4.78, 5) is 3.16. The fourth-order valence-electron chi connectivity index (χ4n) is 1.36. The summed E-state index contributed by atoms with van der Waals surface area (Å²) in [5, 5.41) is 8.79. The van der Waals surface area contributed by atoms with Gasteiger partial charge in [-0.05, 0) is 25.1 Å². The number of diazo groups is 1. The summed E-state index contributed by atoms with van der Waals surface area (Å²) in [6.45, 7) is 2.01. The molecule has 0 amide bonds. The van der Waals surface area contributed by atoms with E-state index in [0.717, 1.165) is 5.75 Å². The average molecular weight is 298 g/mol. The van der Waals surface area contributed by atoms with Crippen molar-refractivity contribution in [1.29, 1.82) is 5.39 Å². The van der Waals surface area contributed by atoms with E-state index < -0.39 is 7.25 Å². The number of hydrogen-bond acceptors (Lipinski definition) is 2. The topological polar surface area (TPSA) is 37.4 Å². The van der Waals surface area contributed by atoms with Gasteiger partial charge in [0.05, 0.1) is 0 Å². The van der Waals surface area contributed by atoms with Crippen molar-refractivity contribution in [3.8, 4) is 11.5 Å². The van der Waals surface area contributed by atoms with Crippen molar-refractivity contribution >= 4 is 12.9 Å². The second-order valence-electron chi connectivity index (χ2n) is 3.98. The Morgan fingerprint density at radius 1 is 0.952 bits per heavy atom. The molecule has 21 heavy (non-hydrogen) atoms. The highest BCUT2D eigenvalue weighted by Crippen LogP contribution is 2.31. The highest BCUT2D eigenvalue weighted by atomic mass is 19.5. The Hall–Kier alpha value is -2.56. The third kappa shape index (κ3) is 6.96. The molecule has 0 saturated heterocycles. The zero-order valence-electron chi connectivity index (χ0n) is 11.0. The molecule has 0 saturated carbocycles. The van der Waals surface area contributed by atoms with Crippen molar-refractivity contribution in [3.05, 3.63) is 59.1 Å². The molecule has 0 spiro atoms. The average Bonchev–Trinajstić information content (AvgIpc) is 2.40. The molecule has 0 bridgehead atoms. The molecule has 0 atom stereocenters. The fraction of sp³-hybridized carbons (Fsp3) is 0.0769. The summed E-state index contributed by atoms with van der Waals surface area (Å²) in [5.41, 5.74) is 1.59. The highest BCUT2D eigenvalue weighted by molar-refractivity contribution is 6.50. The second-order valence-corrected chi connectivity index (χ2v) is 3.98. The van der Waals surface area contributed by atoms with E-state index in [0.29, 0.717) is 11.4 Å². The van der Waals surface area contributed by atoms with Crippen molar-refractivity contribution in [2.24, 2.45) is 0 Å². The number of ether oxygens (including phenoxy) is 1. The number of benzene rings is 2. The van der Waals surface area contributed by atoms with Gasteiger partial charge >= 0.3 is 12.9 Å². The zero-order chi connectivity index (χ0) is 15.9. The third-order valence-corrected chi connectivity index (χ3v) is 2.22. The van der Waals surface area contributed by atoms with Crippen LogP contribution in [0.25, 0.3) is 4.98 Å². The van der Waals surface area contributed by atoms with Gasteiger partial charge in [-0.3, -0.25) is 0 Å². The molecule has 0 aliphatic heterocycles. The summed E-state index contributed by atoms with van der Waals surface area (Å²) < 4.78 is 44.6.